The van der Waals surface area contributed by atoms with Crippen LogP contribution in [0.2, 0.25) is 0 Å². The Kier molecular flexibility index (Phi) is 4.90. The minimum Gasteiger partial charge on any atom is -0.349 e. The maximum absolute atomic E-state index is 12.0. The van der Waals surface area contributed by atoms with Gasteiger partial charge >= 0.3 is 0 Å². The average Bonchev–Trinajstić information content (AvgIpc) is 2.37. The molecule has 5 heteroatoms. The highest BCUT2D eigenvalue weighted by Crippen LogP contribution is 2.13. The predicted octanol–water partition coefficient (Wildman–Crippen LogP) is 1.53. The van der Waals surface area contributed by atoms with Crippen molar-refractivity contribution >= 4 is 11.6 Å². The number of hydrazine groups is 1. The van der Waals surface area contributed by atoms with Gasteiger partial charge in [0.05, 0.1) is 17.4 Å². The standard InChI is InChI=1S/C12H20N4O/c1-4-8(2)9(3)15-12(17)10-5-6-14-7-11(10)16-13/h5-9,16H,4,13H2,1-3H3,(H,15,17). The van der Waals surface area contributed by atoms with E-state index >= 15 is 0 Å². The molecule has 1 aromatic heterocycles. The Bertz CT molecular complexity index is 381. The fraction of sp³-hybridized carbons (Fsp3) is 0.500. The van der Waals surface area contributed by atoms with Crippen molar-refractivity contribution in [3.8, 4) is 0 Å². The van der Waals surface area contributed by atoms with Crippen molar-refractivity contribution in [3.63, 3.8) is 0 Å². The number of anilines is 1. The molecule has 5 nitrogen and oxygen atoms in total. The SMILES string of the molecule is CCC(C)C(C)NC(=O)c1ccncc1NN. The molecular weight excluding hydrogens is 216 g/mol. The monoisotopic (exact) mass is 236 g/mol. The fourth-order valence-corrected chi connectivity index (χ4v) is 1.49. The molecule has 0 aliphatic heterocycles. The zero-order valence-electron chi connectivity index (χ0n) is 10.5. The van der Waals surface area contributed by atoms with Crippen molar-refractivity contribution in [2.75, 3.05) is 5.43 Å². The second kappa shape index (κ2) is 6.20. The highest BCUT2D eigenvalue weighted by atomic mass is 16.1. The van der Waals surface area contributed by atoms with Crippen LogP contribution >= 0.6 is 0 Å². The fourth-order valence-electron chi connectivity index (χ4n) is 1.49. The van der Waals surface area contributed by atoms with Gasteiger partial charge in [-0.3, -0.25) is 15.6 Å². The van der Waals surface area contributed by atoms with E-state index in [-0.39, 0.29) is 11.9 Å². The lowest BCUT2D eigenvalue weighted by Gasteiger charge is -2.20. The van der Waals surface area contributed by atoms with Gasteiger partial charge < -0.3 is 10.7 Å². The summed E-state index contributed by atoms with van der Waals surface area (Å²) >= 11 is 0. The van der Waals surface area contributed by atoms with E-state index in [0.29, 0.717) is 17.2 Å². The smallest absolute Gasteiger partial charge is 0.253 e. The first-order valence-electron chi connectivity index (χ1n) is 5.81. The highest BCUT2D eigenvalue weighted by Gasteiger charge is 2.16. The Morgan fingerprint density at radius 1 is 1.53 bits per heavy atom. The number of amides is 1. The largest absolute Gasteiger partial charge is 0.349 e. The van der Waals surface area contributed by atoms with Crippen LogP contribution in [0.3, 0.4) is 0 Å². The molecule has 0 aromatic carbocycles. The van der Waals surface area contributed by atoms with E-state index in [1.165, 1.54) is 6.20 Å². The number of hydrogen-bond donors (Lipinski definition) is 3. The topological polar surface area (TPSA) is 80.0 Å². The number of nitrogens with zero attached hydrogens (tertiary/aromatic N) is 1. The molecule has 1 rings (SSSR count). The lowest BCUT2D eigenvalue weighted by molar-refractivity contribution is 0.0929. The molecule has 0 radical (unpaired) electrons. The first-order chi connectivity index (χ1) is 8.10. The zero-order chi connectivity index (χ0) is 12.8. The maximum Gasteiger partial charge on any atom is 0.253 e. The van der Waals surface area contributed by atoms with Crippen LogP contribution < -0.4 is 16.6 Å². The molecule has 2 atom stereocenters. The van der Waals surface area contributed by atoms with Gasteiger partial charge in [-0.05, 0) is 18.9 Å². The molecule has 0 saturated carbocycles. The highest BCUT2D eigenvalue weighted by molar-refractivity contribution is 5.99. The molecule has 0 aliphatic carbocycles. The molecule has 0 aliphatic rings. The number of carbonyl (C=O) groups excluding carboxylic acids is 1. The molecule has 17 heavy (non-hydrogen) atoms. The van der Waals surface area contributed by atoms with E-state index in [1.807, 2.05) is 6.92 Å². The van der Waals surface area contributed by atoms with E-state index in [9.17, 15) is 4.79 Å². The summed E-state index contributed by atoms with van der Waals surface area (Å²) in [5.74, 6) is 5.64. The zero-order valence-corrected chi connectivity index (χ0v) is 10.5. The summed E-state index contributed by atoms with van der Waals surface area (Å²) in [5.41, 5.74) is 3.51. The third-order valence-corrected chi connectivity index (χ3v) is 3.08. The summed E-state index contributed by atoms with van der Waals surface area (Å²) in [5, 5.41) is 2.96. The Morgan fingerprint density at radius 3 is 2.82 bits per heavy atom. The Labute approximate surface area is 102 Å². The van der Waals surface area contributed by atoms with Crippen molar-refractivity contribution in [2.45, 2.75) is 33.2 Å². The van der Waals surface area contributed by atoms with E-state index in [1.54, 1.807) is 12.3 Å². The molecule has 1 amide bonds. The number of rotatable bonds is 5. The predicted molar refractivity (Wildman–Crippen MR) is 68.4 cm³/mol. The van der Waals surface area contributed by atoms with Crippen LogP contribution in [-0.4, -0.2) is 16.9 Å². The average molecular weight is 236 g/mol. The number of hydrogen-bond acceptors (Lipinski definition) is 4. The normalized spacial score (nSPS) is 13.9. The lowest BCUT2D eigenvalue weighted by Crippen LogP contribution is -2.37. The van der Waals surface area contributed by atoms with Crippen molar-refractivity contribution in [3.05, 3.63) is 24.0 Å². The van der Waals surface area contributed by atoms with Gasteiger partial charge in [0.1, 0.15) is 0 Å². The molecule has 1 heterocycles. The number of pyridine rings is 1. The Morgan fingerprint density at radius 2 is 2.24 bits per heavy atom. The van der Waals surface area contributed by atoms with Gasteiger partial charge in [-0.2, -0.15) is 0 Å². The Balaban J connectivity index is 2.76. The van der Waals surface area contributed by atoms with Crippen LogP contribution in [0.1, 0.15) is 37.6 Å². The van der Waals surface area contributed by atoms with Crippen LogP contribution in [-0.2, 0) is 0 Å². The van der Waals surface area contributed by atoms with Gasteiger partial charge in [-0.1, -0.05) is 20.3 Å². The quantitative estimate of drug-likeness (QED) is 0.535. The Hall–Kier alpha value is -1.62. The maximum atomic E-state index is 12.0. The van der Waals surface area contributed by atoms with Crippen LogP contribution in [0.15, 0.2) is 18.5 Å². The summed E-state index contributed by atoms with van der Waals surface area (Å²) in [6.45, 7) is 6.22. The number of aromatic nitrogens is 1. The van der Waals surface area contributed by atoms with Gasteiger partial charge in [-0.15, -0.1) is 0 Å². The number of nitrogen functional groups attached to an aromatic ring is 1. The minimum atomic E-state index is -0.131. The van der Waals surface area contributed by atoms with E-state index < -0.39 is 0 Å². The van der Waals surface area contributed by atoms with E-state index in [2.05, 4.69) is 29.6 Å². The van der Waals surface area contributed by atoms with Gasteiger partial charge in [0.15, 0.2) is 0 Å². The van der Waals surface area contributed by atoms with E-state index in [0.717, 1.165) is 6.42 Å². The minimum absolute atomic E-state index is 0.131. The van der Waals surface area contributed by atoms with Gasteiger partial charge in [0, 0.05) is 12.2 Å². The molecule has 1 aromatic rings. The van der Waals surface area contributed by atoms with Crippen LogP contribution in [0.5, 0.6) is 0 Å². The van der Waals surface area contributed by atoms with Gasteiger partial charge in [0.25, 0.3) is 5.91 Å². The molecular formula is C12H20N4O. The second-order valence-corrected chi connectivity index (χ2v) is 4.21. The van der Waals surface area contributed by atoms with Crippen molar-refractivity contribution in [2.24, 2.45) is 11.8 Å². The summed E-state index contributed by atoms with van der Waals surface area (Å²) in [6.07, 6.45) is 4.13. The molecule has 0 saturated heterocycles. The number of nitrogens with one attached hydrogen (secondary N) is 2. The summed E-state index contributed by atoms with van der Waals surface area (Å²) in [4.78, 5) is 15.9. The summed E-state index contributed by atoms with van der Waals surface area (Å²) in [7, 11) is 0. The molecule has 2 unspecified atom stereocenters. The van der Waals surface area contributed by atoms with Crippen LogP contribution in [0, 0.1) is 5.92 Å². The number of nitrogens with two attached hydrogens (primary N) is 1. The summed E-state index contributed by atoms with van der Waals surface area (Å²) < 4.78 is 0. The molecule has 0 bridgehead atoms. The first-order valence-corrected chi connectivity index (χ1v) is 5.81. The van der Waals surface area contributed by atoms with Crippen molar-refractivity contribution in [1.29, 1.82) is 0 Å². The molecule has 4 N–H and O–H groups in total. The molecule has 94 valence electrons. The van der Waals surface area contributed by atoms with Gasteiger partial charge in [-0.25, -0.2) is 0 Å². The van der Waals surface area contributed by atoms with E-state index in [4.69, 9.17) is 5.84 Å². The van der Waals surface area contributed by atoms with Gasteiger partial charge in [0.2, 0.25) is 0 Å². The van der Waals surface area contributed by atoms with Crippen LogP contribution in [0.4, 0.5) is 5.69 Å². The summed E-state index contributed by atoms with van der Waals surface area (Å²) in [6, 6.07) is 1.78. The molecule has 0 spiro atoms. The molecule has 0 fully saturated rings. The third kappa shape index (κ3) is 3.42. The third-order valence-electron chi connectivity index (χ3n) is 3.08. The first kappa shape index (κ1) is 13.4. The number of carbonyl (C=O) groups is 1. The van der Waals surface area contributed by atoms with Crippen molar-refractivity contribution < 1.29 is 4.79 Å². The second-order valence-electron chi connectivity index (χ2n) is 4.21. The van der Waals surface area contributed by atoms with Crippen LogP contribution in [0.25, 0.3) is 0 Å². The van der Waals surface area contributed by atoms with Crippen molar-refractivity contribution in [1.82, 2.24) is 10.3 Å². The lowest BCUT2D eigenvalue weighted by atomic mass is 10.0.